The van der Waals surface area contributed by atoms with Crippen molar-refractivity contribution in [1.29, 1.82) is 0 Å². The van der Waals surface area contributed by atoms with Gasteiger partial charge in [0.2, 0.25) is 0 Å². The average Bonchev–Trinajstić information content (AvgIpc) is 3.22. The van der Waals surface area contributed by atoms with E-state index in [0.717, 1.165) is 41.9 Å². The summed E-state index contributed by atoms with van der Waals surface area (Å²) in [5.74, 6) is 0.594. The second kappa shape index (κ2) is 9.76. The van der Waals surface area contributed by atoms with Crippen LogP contribution in [-0.2, 0) is 13.0 Å². The Morgan fingerprint density at radius 3 is 2.92 bits per heavy atom. The largest absolute Gasteiger partial charge is 0.361 e. The van der Waals surface area contributed by atoms with Gasteiger partial charge in [-0.15, -0.1) is 24.0 Å². The van der Waals surface area contributed by atoms with Crippen molar-refractivity contribution in [1.82, 2.24) is 15.6 Å². The number of halogens is 2. The predicted octanol–water partition coefficient (Wildman–Crippen LogP) is 4.28. The summed E-state index contributed by atoms with van der Waals surface area (Å²) in [6.07, 6.45) is 2.74. The first-order valence-electron chi connectivity index (χ1n) is 8.05. The van der Waals surface area contributed by atoms with E-state index in [1.165, 1.54) is 11.6 Å². The van der Waals surface area contributed by atoms with Crippen LogP contribution in [0, 0.1) is 5.82 Å². The Morgan fingerprint density at radius 1 is 1.28 bits per heavy atom. The van der Waals surface area contributed by atoms with Crippen LogP contribution < -0.4 is 10.6 Å². The van der Waals surface area contributed by atoms with Crippen molar-refractivity contribution in [2.45, 2.75) is 19.9 Å². The van der Waals surface area contributed by atoms with Gasteiger partial charge in [-0.05, 0) is 59.5 Å². The summed E-state index contributed by atoms with van der Waals surface area (Å²) in [5.41, 5.74) is 3.28. The maximum atomic E-state index is 13.4. The third kappa shape index (κ3) is 5.43. The van der Waals surface area contributed by atoms with Crippen LogP contribution in [0.4, 0.5) is 4.39 Å². The average molecular weight is 472 g/mol. The number of H-pyrrole nitrogens is 1. The first kappa shape index (κ1) is 19.7. The van der Waals surface area contributed by atoms with E-state index in [2.05, 4.69) is 37.4 Å². The Morgan fingerprint density at radius 2 is 2.16 bits per heavy atom. The van der Waals surface area contributed by atoms with Crippen molar-refractivity contribution < 1.29 is 4.39 Å². The summed E-state index contributed by atoms with van der Waals surface area (Å²) in [7, 11) is 0. The first-order chi connectivity index (χ1) is 11.8. The molecule has 0 unspecified atom stereocenters. The first-order valence-corrected chi connectivity index (χ1v) is 8.99. The van der Waals surface area contributed by atoms with Gasteiger partial charge in [-0.3, -0.25) is 0 Å². The Hall–Kier alpha value is -1.61. The third-order valence-electron chi connectivity index (χ3n) is 3.76. The highest BCUT2D eigenvalue weighted by atomic mass is 127. The molecule has 4 nitrogen and oxygen atoms in total. The van der Waals surface area contributed by atoms with E-state index in [1.807, 2.05) is 13.1 Å². The van der Waals surface area contributed by atoms with Crippen LogP contribution in [-0.4, -0.2) is 24.0 Å². The maximum absolute atomic E-state index is 13.4. The maximum Gasteiger partial charge on any atom is 0.191 e. The Kier molecular flexibility index (Phi) is 7.70. The molecule has 0 aliphatic heterocycles. The highest BCUT2D eigenvalue weighted by Gasteiger charge is 2.05. The molecule has 25 heavy (non-hydrogen) atoms. The lowest BCUT2D eigenvalue weighted by atomic mass is 10.1. The number of aliphatic imine (C=N–C) groups is 1. The fourth-order valence-electron chi connectivity index (χ4n) is 2.57. The van der Waals surface area contributed by atoms with Gasteiger partial charge in [-0.2, -0.15) is 11.3 Å². The lowest BCUT2D eigenvalue weighted by Crippen LogP contribution is -2.38. The van der Waals surface area contributed by atoms with Crippen LogP contribution in [0.3, 0.4) is 0 Å². The van der Waals surface area contributed by atoms with Gasteiger partial charge >= 0.3 is 0 Å². The fourth-order valence-corrected chi connectivity index (χ4v) is 3.23. The van der Waals surface area contributed by atoms with E-state index >= 15 is 0 Å². The lowest BCUT2D eigenvalue weighted by Gasteiger charge is -2.10. The van der Waals surface area contributed by atoms with Gasteiger partial charge < -0.3 is 15.6 Å². The Labute approximate surface area is 168 Å². The highest BCUT2D eigenvalue weighted by Crippen LogP contribution is 2.19. The lowest BCUT2D eigenvalue weighted by molar-refractivity contribution is 0.629. The Bertz CT molecular complexity index is 814. The zero-order chi connectivity index (χ0) is 16.8. The second-order valence-electron chi connectivity index (χ2n) is 5.51. The van der Waals surface area contributed by atoms with E-state index < -0.39 is 0 Å². The summed E-state index contributed by atoms with van der Waals surface area (Å²) in [4.78, 5) is 7.77. The molecule has 0 spiro atoms. The summed E-state index contributed by atoms with van der Waals surface area (Å²) >= 11 is 1.68. The van der Waals surface area contributed by atoms with E-state index in [-0.39, 0.29) is 29.8 Å². The quantitative estimate of drug-likeness (QED) is 0.285. The monoisotopic (exact) mass is 472 g/mol. The molecule has 0 bridgehead atoms. The van der Waals surface area contributed by atoms with Gasteiger partial charge in [0.1, 0.15) is 5.82 Å². The zero-order valence-electron chi connectivity index (χ0n) is 14.0. The molecule has 0 saturated carbocycles. The van der Waals surface area contributed by atoms with Gasteiger partial charge in [-0.1, -0.05) is 0 Å². The van der Waals surface area contributed by atoms with E-state index in [4.69, 9.17) is 0 Å². The third-order valence-corrected chi connectivity index (χ3v) is 4.49. The smallest absolute Gasteiger partial charge is 0.191 e. The molecule has 2 heterocycles. The molecule has 3 aromatic rings. The number of nitrogens with one attached hydrogen (secondary N) is 3. The molecule has 0 amide bonds. The van der Waals surface area contributed by atoms with Crippen LogP contribution in [0.2, 0.25) is 0 Å². The number of benzene rings is 1. The molecule has 0 atom stereocenters. The number of nitrogens with zero attached hydrogens (tertiary/aromatic N) is 1. The van der Waals surface area contributed by atoms with Crippen molar-refractivity contribution in [3.05, 3.63) is 58.2 Å². The van der Waals surface area contributed by atoms with E-state index in [9.17, 15) is 4.39 Å². The van der Waals surface area contributed by atoms with Gasteiger partial charge in [0.05, 0.1) is 6.54 Å². The molecular formula is C18H22FIN4S. The van der Waals surface area contributed by atoms with Crippen molar-refractivity contribution in [3.8, 4) is 0 Å². The fraction of sp³-hybridized carbons (Fsp3) is 0.278. The molecule has 3 N–H and O–H groups in total. The van der Waals surface area contributed by atoms with Gasteiger partial charge in [0.15, 0.2) is 5.96 Å². The van der Waals surface area contributed by atoms with Crippen LogP contribution in [0.1, 0.15) is 18.1 Å². The molecule has 0 fully saturated rings. The summed E-state index contributed by atoms with van der Waals surface area (Å²) in [5, 5.41) is 11.7. The van der Waals surface area contributed by atoms with Crippen LogP contribution in [0.5, 0.6) is 0 Å². The van der Waals surface area contributed by atoms with Crippen LogP contribution >= 0.6 is 35.3 Å². The molecule has 0 radical (unpaired) electrons. The summed E-state index contributed by atoms with van der Waals surface area (Å²) < 4.78 is 13.4. The minimum atomic E-state index is -0.207. The number of thiophene rings is 1. The van der Waals surface area contributed by atoms with Gasteiger partial charge in [0, 0.05) is 30.2 Å². The molecule has 3 rings (SSSR count). The van der Waals surface area contributed by atoms with Crippen molar-refractivity contribution in [2.24, 2.45) is 4.99 Å². The number of hydrogen-bond donors (Lipinski definition) is 3. The molecule has 134 valence electrons. The molecule has 0 aliphatic rings. The summed E-state index contributed by atoms with van der Waals surface area (Å²) in [6, 6.07) is 6.91. The van der Waals surface area contributed by atoms with Crippen LogP contribution in [0.15, 0.2) is 46.2 Å². The standard InChI is InChI=1S/C18H21FN4S.HI/c1-2-20-18(23-10-13-6-8-24-12-13)21-7-5-14-11-22-17-4-3-15(19)9-16(14)17;/h3-4,6,8-9,11-12,22H,2,5,7,10H2,1H3,(H2,20,21,23);1H. The zero-order valence-corrected chi connectivity index (χ0v) is 17.2. The Balaban J connectivity index is 0.00000225. The number of fused-ring (bicyclic) bond motifs is 1. The minimum Gasteiger partial charge on any atom is -0.361 e. The number of aromatic nitrogens is 1. The second-order valence-corrected chi connectivity index (χ2v) is 6.29. The van der Waals surface area contributed by atoms with Gasteiger partial charge in [-0.25, -0.2) is 9.38 Å². The molecule has 0 saturated heterocycles. The minimum absolute atomic E-state index is 0. The van der Waals surface area contributed by atoms with Crippen molar-refractivity contribution in [2.75, 3.05) is 13.1 Å². The molecule has 1 aromatic carbocycles. The van der Waals surface area contributed by atoms with Gasteiger partial charge in [0.25, 0.3) is 0 Å². The molecule has 7 heteroatoms. The highest BCUT2D eigenvalue weighted by molar-refractivity contribution is 14.0. The topological polar surface area (TPSA) is 52.2 Å². The molecule has 0 aliphatic carbocycles. The molecule has 2 aromatic heterocycles. The summed E-state index contributed by atoms with van der Waals surface area (Å²) in [6.45, 7) is 4.26. The van der Waals surface area contributed by atoms with E-state index in [0.29, 0.717) is 6.54 Å². The predicted molar refractivity (Wildman–Crippen MR) is 115 cm³/mol. The number of aromatic amines is 1. The van der Waals surface area contributed by atoms with Crippen molar-refractivity contribution >= 4 is 52.2 Å². The SMILES string of the molecule is CCNC(=NCc1ccsc1)NCCc1c[nH]c2ccc(F)cc12.I. The number of rotatable bonds is 6. The number of hydrogen-bond acceptors (Lipinski definition) is 2. The number of guanidine groups is 1. The van der Waals surface area contributed by atoms with Crippen LogP contribution in [0.25, 0.3) is 10.9 Å². The van der Waals surface area contributed by atoms with Crippen molar-refractivity contribution in [3.63, 3.8) is 0 Å². The normalized spacial score (nSPS) is 11.4. The van der Waals surface area contributed by atoms with E-state index in [1.54, 1.807) is 23.5 Å². The molecular weight excluding hydrogens is 450 g/mol.